The van der Waals surface area contributed by atoms with E-state index < -0.39 is 0 Å². The lowest BCUT2D eigenvalue weighted by Gasteiger charge is -2.30. The first kappa shape index (κ1) is 13.2. The van der Waals surface area contributed by atoms with Crippen molar-refractivity contribution in [2.45, 2.75) is 46.5 Å². The van der Waals surface area contributed by atoms with Gasteiger partial charge in [0.2, 0.25) is 0 Å². The minimum atomic E-state index is -0.261. The highest BCUT2D eigenvalue weighted by Crippen LogP contribution is 2.34. The summed E-state index contributed by atoms with van der Waals surface area (Å²) >= 11 is 0. The first-order valence-electron chi connectivity index (χ1n) is 5.98. The Balaban J connectivity index is 2.49. The van der Waals surface area contributed by atoms with Gasteiger partial charge in [-0.3, -0.25) is 9.59 Å². The molecule has 1 rings (SSSR count). The van der Waals surface area contributed by atoms with Crippen LogP contribution in [0.2, 0.25) is 0 Å². The molecule has 0 bridgehead atoms. The molecule has 0 atom stereocenters. The van der Waals surface area contributed by atoms with Gasteiger partial charge in [0.05, 0.1) is 13.0 Å². The Kier molecular flexibility index (Phi) is 4.11. The second kappa shape index (κ2) is 4.98. The smallest absolute Gasteiger partial charge is 0.308 e. The molecule has 0 spiro atoms. The maximum atomic E-state index is 12.0. The Morgan fingerprint density at radius 3 is 1.81 bits per heavy atom. The molecular formula is C13H22O3. The number of esters is 1. The molecule has 3 heteroatoms. The summed E-state index contributed by atoms with van der Waals surface area (Å²) in [6.07, 6.45) is 3.24. The molecule has 3 nitrogen and oxygen atoms in total. The molecule has 1 aliphatic carbocycles. The van der Waals surface area contributed by atoms with Crippen LogP contribution in [0.25, 0.3) is 0 Å². The molecule has 1 fully saturated rings. The summed E-state index contributed by atoms with van der Waals surface area (Å²) in [5.41, 5.74) is -0.261. The van der Waals surface area contributed by atoms with Crippen LogP contribution in [0.5, 0.6) is 0 Å². The number of carbonyl (C=O) groups excluding carboxylic acids is 2. The van der Waals surface area contributed by atoms with Crippen LogP contribution in [0.1, 0.15) is 46.5 Å². The van der Waals surface area contributed by atoms with Crippen LogP contribution in [-0.2, 0) is 14.3 Å². The van der Waals surface area contributed by atoms with Gasteiger partial charge in [0.15, 0.2) is 0 Å². The van der Waals surface area contributed by atoms with Crippen LogP contribution < -0.4 is 0 Å². The van der Waals surface area contributed by atoms with Crippen molar-refractivity contribution in [3.05, 3.63) is 0 Å². The van der Waals surface area contributed by atoms with E-state index >= 15 is 0 Å². The van der Waals surface area contributed by atoms with Crippen molar-refractivity contribution in [2.24, 2.45) is 17.3 Å². The van der Waals surface area contributed by atoms with Gasteiger partial charge in [-0.15, -0.1) is 0 Å². The van der Waals surface area contributed by atoms with Crippen LogP contribution in [-0.4, -0.2) is 18.9 Å². The fraction of sp³-hybridized carbons (Fsp3) is 0.846. The van der Waals surface area contributed by atoms with Crippen molar-refractivity contribution >= 4 is 11.8 Å². The molecule has 0 aromatic carbocycles. The summed E-state index contributed by atoms with van der Waals surface area (Å²) in [4.78, 5) is 23.4. The Labute approximate surface area is 97.5 Å². The summed E-state index contributed by atoms with van der Waals surface area (Å²) in [7, 11) is 1.43. The molecule has 0 aliphatic heterocycles. The van der Waals surface area contributed by atoms with Crippen LogP contribution in [0, 0.1) is 17.3 Å². The highest BCUT2D eigenvalue weighted by atomic mass is 16.5. The molecule has 0 heterocycles. The molecule has 1 aliphatic rings. The maximum Gasteiger partial charge on any atom is 0.308 e. The van der Waals surface area contributed by atoms with Gasteiger partial charge >= 0.3 is 5.97 Å². The summed E-state index contributed by atoms with van der Waals surface area (Å²) in [6.45, 7) is 5.88. The monoisotopic (exact) mass is 226 g/mol. The van der Waals surface area contributed by atoms with E-state index in [1.807, 2.05) is 20.8 Å². The van der Waals surface area contributed by atoms with Crippen molar-refractivity contribution in [1.82, 2.24) is 0 Å². The lowest BCUT2D eigenvalue weighted by atomic mass is 9.73. The second-order valence-electron chi connectivity index (χ2n) is 5.69. The van der Waals surface area contributed by atoms with Gasteiger partial charge in [-0.05, 0) is 25.7 Å². The van der Waals surface area contributed by atoms with Gasteiger partial charge in [-0.1, -0.05) is 20.8 Å². The molecular weight excluding hydrogens is 204 g/mol. The van der Waals surface area contributed by atoms with Gasteiger partial charge in [0, 0.05) is 11.3 Å². The lowest BCUT2D eigenvalue weighted by molar-refractivity contribution is -0.148. The number of ether oxygens (including phenoxy) is 1. The minimum absolute atomic E-state index is 0.00835. The Morgan fingerprint density at radius 1 is 1.00 bits per heavy atom. The van der Waals surface area contributed by atoms with Crippen molar-refractivity contribution in [3.63, 3.8) is 0 Å². The first-order valence-corrected chi connectivity index (χ1v) is 5.98. The average molecular weight is 226 g/mol. The van der Waals surface area contributed by atoms with Crippen LogP contribution in [0.15, 0.2) is 0 Å². The van der Waals surface area contributed by atoms with Crippen LogP contribution in [0.3, 0.4) is 0 Å². The quantitative estimate of drug-likeness (QED) is 0.680. The summed E-state index contributed by atoms with van der Waals surface area (Å²) in [6, 6.07) is 0. The molecule has 0 aromatic rings. The topological polar surface area (TPSA) is 43.4 Å². The molecule has 0 radical (unpaired) electrons. The fourth-order valence-electron chi connectivity index (χ4n) is 2.37. The van der Waals surface area contributed by atoms with E-state index in [1.165, 1.54) is 7.11 Å². The van der Waals surface area contributed by atoms with E-state index in [-0.39, 0.29) is 23.2 Å². The number of methoxy groups -OCH3 is 1. The molecule has 92 valence electrons. The number of hydrogen-bond acceptors (Lipinski definition) is 3. The third-order valence-corrected chi connectivity index (χ3v) is 3.37. The predicted molar refractivity (Wildman–Crippen MR) is 61.9 cm³/mol. The first-order chi connectivity index (χ1) is 7.36. The highest BCUT2D eigenvalue weighted by Gasteiger charge is 2.34. The zero-order valence-corrected chi connectivity index (χ0v) is 10.7. The number of hydrogen-bond donors (Lipinski definition) is 0. The summed E-state index contributed by atoms with van der Waals surface area (Å²) < 4.78 is 4.73. The molecule has 0 unspecified atom stereocenters. The molecule has 0 saturated heterocycles. The highest BCUT2D eigenvalue weighted by molar-refractivity contribution is 5.86. The molecule has 0 N–H and O–H groups in total. The van der Waals surface area contributed by atoms with Crippen molar-refractivity contribution in [2.75, 3.05) is 7.11 Å². The standard InChI is InChI=1S/C13H22O3/c1-13(2,3)11(14)9-5-7-10(8-6-9)12(15)16-4/h9-10H,5-8H2,1-4H3. The van der Waals surface area contributed by atoms with E-state index in [4.69, 9.17) is 4.74 Å². The third-order valence-electron chi connectivity index (χ3n) is 3.37. The average Bonchev–Trinajstić information content (AvgIpc) is 2.26. The second-order valence-corrected chi connectivity index (χ2v) is 5.69. The van der Waals surface area contributed by atoms with Gasteiger partial charge in [-0.2, -0.15) is 0 Å². The Morgan fingerprint density at radius 2 is 1.44 bits per heavy atom. The van der Waals surface area contributed by atoms with Gasteiger partial charge in [0.1, 0.15) is 5.78 Å². The summed E-state index contributed by atoms with van der Waals surface area (Å²) in [5.74, 6) is 0.354. The van der Waals surface area contributed by atoms with E-state index in [1.54, 1.807) is 0 Å². The van der Waals surface area contributed by atoms with Crippen molar-refractivity contribution in [3.8, 4) is 0 Å². The fourth-order valence-corrected chi connectivity index (χ4v) is 2.37. The summed E-state index contributed by atoms with van der Waals surface area (Å²) in [5, 5.41) is 0. The third kappa shape index (κ3) is 3.06. The zero-order chi connectivity index (χ0) is 12.3. The van der Waals surface area contributed by atoms with Gasteiger partial charge in [0.25, 0.3) is 0 Å². The SMILES string of the molecule is COC(=O)C1CCC(C(=O)C(C)(C)C)CC1. The number of rotatable bonds is 2. The predicted octanol–water partition coefficient (Wildman–Crippen LogP) is 2.58. The number of Topliss-reactive ketones (excluding diaryl/α,β-unsaturated/α-hetero) is 1. The molecule has 1 saturated carbocycles. The minimum Gasteiger partial charge on any atom is -0.469 e. The van der Waals surface area contributed by atoms with Crippen molar-refractivity contribution < 1.29 is 14.3 Å². The van der Waals surface area contributed by atoms with Crippen LogP contribution in [0.4, 0.5) is 0 Å². The molecule has 16 heavy (non-hydrogen) atoms. The van der Waals surface area contributed by atoms with Gasteiger partial charge in [-0.25, -0.2) is 0 Å². The Hall–Kier alpha value is -0.860. The molecule has 0 aromatic heterocycles. The lowest BCUT2D eigenvalue weighted by Crippen LogP contribution is -2.33. The number of ketones is 1. The zero-order valence-electron chi connectivity index (χ0n) is 10.7. The number of carbonyl (C=O) groups is 2. The Bertz CT molecular complexity index is 267. The van der Waals surface area contributed by atoms with E-state index in [0.717, 1.165) is 25.7 Å². The van der Waals surface area contributed by atoms with E-state index in [9.17, 15) is 9.59 Å². The van der Waals surface area contributed by atoms with E-state index in [0.29, 0.717) is 5.78 Å². The van der Waals surface area contributed by atoms with Crippen LogP contribution >= 0.6 is 0 Å². The van der Waals surface area contributed by atoms with Crippen molar-refractivity contribution in [1.29, 1.82) is 0 Å². The van der Waals surface area contributed by atoms with E-state index in [2.05, 4.69) is 0 Å². The normalized spacial score (nSPS) is 26.2. The maximum absolute atomic E-state index is 12.0. The van der Waals surface area contributed by atoms with Gasteiger partial charge < -0.3 is 4.74 Å². The largest absolute Gasteiger partial charge is 0.469 e. The molecule has 0 amide bonds.